The van der Waals surface area contributed by atoms with Crippen molar-refractivity contribution in [1.82, 2.24) is 10.0 Å². The van der Waals surface area contributed by atoms with Gasteiger partial charge in [-0.05, 0) is 49.4 Å². The Morgan fingerprint density at radius 1 is 1.33 bits per heavy atom. The van der Waals surface area contributed by atoms with Crippen LogP contribution in [0.4, 0.5) is 4.39 Å². The molecule has 0 aromatic heterocycles. The Morgan fingerprint density at radius 3 is 2.71 bits per heavy atom. The molecule has 4 nitrogen and oxygen atoms in total. The first kappa shape index (κ1) is 16.4. The average Bonchev–Trinajstić information content (AvgIpc) is 2.85. The van der Waals surface area contributed by atoms with Gasteiger partial charge in [0.1, 0.15) is 5.82 Å². The van der Waals surface area contributed by atoms with Crippen molar-refractivity contribution in [1.29, 1.82) is 0 Å². The zero-order valence-electron chi connectivity index (χ0n) is 12.5. The van der Waals surface area contributed by atoms with Gasteiger partial charge in [0.15, 0.2) is 0 Å². The van der Waals surface area contributed by atoms with Crippen molar-refractivity contribution in [2.24, 2.45) is 11.8 Å². The van der Waals surface area contributed by atoms with E-state index in [1.807, 2.05) is 0 Å². The van der Waals surface area contributed by atoms with Gasteiger partial charge >= 0.3 is 0 Å². The molecule has 0 aliphatic heterocycles. The van der Waals surface area contributed by atoms with Crippen molar-refractivity contribution >= 4 is 10.0 Å². The van der Waals surface area contributed by atoms with Crippen LogP contribution >= 0.6 is 0 Å². The van der Waals surface area contributed by atoms with Crippen molar-refractivity contribution in [3.63, 3.8) is 0 Å². The van der Waals surface area contributed by atoms with E-state index >= 15 is 0 Å². The molecule has 1 aliphatic rings. The molecule has 0 heterocycles. The molecule has 1 fully saturated rings. The third-order valence-electron chi connectivity index (χ3n) is 4.05. The van der Waals surface area contributed by atoms with Crippen molar-refractivity contribution in [2.75, 3.05) is 13.6 Å². The Bertz CT molecular complexity index is 589. The molecular weight excluding hydrogens is 291 g/mol. The molecule has 0 spiro atoms. The van der Waals surface area contributed by atoms with Crippen LogP contribution in [0.15, 0.2) is 23.1 Å². The minimum absolute atomic E-state index is 0.0305. The molecule has 2 unspecified atom stereocenters. The summed E-state index contributed by atoms with van der Waals surface area (Å²) in [4.78, 5) is 0.0305. The number of hydrogen-bond donors (Lipinski definition) is 2. The van der Waals surface area contributed by atoms with Crippen LogP contribution in [-0.2, 0) is 16.6 Å². The summed E-state index contributed by atoms with van der Waals surface area (Å²) in [7, 11) is -1.94. The fraction of sp³-hybridized carbons (Fsp3) is 0.600. The van der Waals surface area contributed by atoms with Crippen molar-refractivity contribution in [2.45, 2.75) is 37.6 Å². The highest BCUT2D eigenvalue weighted by Crippen LogP contribution is 2.30. The minimum atomic E-state index is -3.67. The number of benzene rings is 1. The summed E-state index contributed by atoms with van der Waals surface area (Å²) < 4.78 is 40.9. The van der Waals surface area contributed by atoms with E-state index in [0.717, 1.165) is 25.3 Å². The quantitative estimate of drug-likeness (QED) is 0.847. The molecule has 0 saturated heterocycles. The molecule has 2 atom stereocenters. The van der Waals surface area contributed by atoms with Gasteiger partial charge in [-0.3, -0.25) is 0 Å². The van der Waals surface area contributed by atoms with Crippen LogP contribution in [0.5, 0.6) is 0 Å². The van der Waals surface area contributed by atoms with Crippen LogP contribution in [0.3, 0.4) is 0 Å². The normalized spacial score (nSPS) is 22.6. The topological polar surface area (TPSA) is 58.2 Å². The van der Waals surface area contributed by atoms with Gasteiger partial charge in [0.25, 0.3) is 0 Å². The number of rotatable bonds is 6. The minimum Gasteiger partial charge on any atom is -0.316 e. The summed E-state index contributed by atoms with van der Waals surface area (Å²) in [6, 6.07) is 3.88. The summed E-state index contributed by atoms with van der Waals surface area (Å²) in [6.07, 6.45) is 3.25. The summed E-state index contributed by atoms with van der Waals surface area (Å²) in [5, 5.41) is 2.90. The maximum Gasteiger partial charge on any atom is 0.241 e. The maximum atomic E-state index is 13.4. The van der Waals surface area contributed by atoms with E-state index in [0.29, 0.717) is 30.5 Å². The zero-order valence-corrected chi connectivity index (χ0v) is 13.3. The molecule has 1 aromatic rings. The first-order chi connectivity index (χ1) is 9.92. The largest absolute Gasteiger partial charge is 0.316 e. The van der Waals surface area contributed by atoms with Gasteiger partial charge in [-0.15, -0.1) is 0 Å². The molecule has 0 amide bonds. The lowest BCUT2D eigenvalue weighted by Crippen LogP contribution is -2.30. The molecule has 1 saturated carbocycles. The highest BCUT2D eigenvalue weighted by Gasteiger charge is 2.25. The molecule has 6 heteroatoms. The van der Waals surface area contributed by atoms with E-state index in [9.17, 15) is 12.8 Å². The van der Waals surface area contributed by atoms with Gasteiger partial charge in [0.05, 0.1) is 4.90 Å². The van der Waals surface area contributed by atoms with E-state index in [4.69, 9.17) is 0 Å². The second-order valence-electron chi connectivity index (χ2n) is 5.92. The van der Waals surface area contributed by atoms with Crippen LogP contribution in [0.25, 0.3) is 0 Å². The standard InChI is InChI=1S/C15H23FN2O2S/c1-11-3-4-12(7-11)9-18-21(19,20)15-8-14(16)6-5-13(15)10-17-2/h5-6,8,11-12,17-18H,3-4,7,9-10H2,1-2H3. The second kappa shape index (κ2) is 6.85. The van der Waals surface area contributed by atoms with Crippen molar-refractivity contribution in [3.05, 3.63) is 29.6 Å². The molecule has 2 N–H and O–H groups in total. The van der Waals surface area contributed by atoms with E-state index in [1.165, 1.54) is 12.1 Å². The van der Waals surface area contributed by atoms with Gasteiger partial charge in [-0.2, -0.15) is 0 Å². The highest BCUT2D eigenvalue weighted by molar-refractivity contribution is 7.89. The fourth-order valence-corrected chi connectivity index (χ4v) is 4.29. The average molecular weight is 314 g/mol. The molecule has 21 heavy (non-hydrogen) atoms. The number of halogens is 1. The van der Waals surface area contributed by atoms with Gasteiger partial charge in [0, 0.05) is 13.1 Å². The number of nitrogens with one attached hydrogen (secondary N) is 2. The Kier molecular flexibility index (Phi) is 5.35. The smallest absolute Gasteiger partial charge is 0.241 e. The molecule has 0 bridgehead atoms. The first-order valence-electron chi connectivity index (χ1n) is 7.35. The van der Waals surface area contributed by atoms with Crippen LogP contribution in [0, 0.1) is 17.7 Å². The molecule has 0 radical (unpaired) electrons. The Morgan fingerprint density at radius 2 is 2.10 bits per heavy atom. The molecular formula is C15H23FN2O2S. The SMILES string of the molecule is CNCc1ccc(F)cc1S(=O)(=O)NCC1CCC(C)C1. The lowest BCUT2D eigenvalue weighted by Gasteiger charge is -2.14. The predicted molar refractivity (Wildman–Crippen MR) is 80.9 cm³/mol. The Hall–Kier alpha value is -0.980. The summed E-state index contributed by atoms with van der Waals surface area (Å²) in [5.74, 6) is 0.509. The second-order valence-corrected chi connectivity index (χ2v) is 7.65. The number of sulfonamides is 1. The predicted octanol–water partition coefficient (Wildman–Crippen LogP) is 2.26. The third kappa shape index (κ3) is 4.25. The van der Waals surface area contributed by atoms with Gasteiger partial charge in [-0.25, -0.2) is 17.5 Å². The summed E-state index contributed by atoms with van der Waals surface area (Å²) in [6.45, 7) is 3.01. The van der Waals surface area contributed by atoms with E-state index in [2.05, 4.69) is 17.0 Å². The maximum absolute atomic E-state index is 13.4. The fourth-order valence-electron chi connectivity index (χ4n) is 2.93. The zero-order chi connectivity index (χ0) is 15.5. The van der Waals surface area contributed by atoms with Gasteiger partial charge < -0.3 is 5.32 Å². The summed E-state index contributed by atoms with van der Waals surface area (Å²) in [5.41, 5.74) is 0.575. The van der Waals surface area contributed by atoms with Gasteiger partial charge in [0.2, 0.25) is 10.0 Å². The van der Waals surface area contributed by atoms with E-state index < -0.39 is 15.8 Å². The third-order valence-corrected chi connectivity index (χ3v) is 5.56. The number of hydrogen-bond acceptors (Lipinski definition) is 3. The molecule has 1 aromatic carbocycles. The highest BCUT2D eigenvalue weighted by atomic mass is 32.2. The van der Waals surface area contributed by atoms with Crippen LogP contribution in [0.2, 0.25) is 0 Å². The molecule has 2 rings (SSSR count). The molecule has 1 aliphatic carbocycles. The monoisotopic (exact) mass is 314 g/mol. The first-order valence-corrected chi connectivity index (χ1v) is 8.83. The van der Waals surface area contributed by atoms with Crippen LogP contribution < -0.4 is 10.0 Å². The van der Waals surface area contributed by atoms with Crippen molar-refractivity contribution in [3.8, 4) is 0 Å². The van der Waals surface area contributed by atoms with Crippen molar-refractivity contribution < 1.29 is 12.8 Å². The van der Waals surface area contributed by atoms with E-state index in [-0.39, 0.29) is 4.90 Å². The summed E-state index contributed by atoms with van der Waals surface area (Å²) >= 11 is 0. The Balaban J connectivity index is 2.13. The Labute approximate surface area is 126 Å². The molecule has 118 valence electrons. The van der Waals surface area contributed by atoms with E-state index in [1.54, 1.807) is 7.05 Å². The lowest BCUT2D eigenvalue weighted by atomic mass is 10.1. The van der Waals surface area contributed by atoms with Gasteiger partial charge in [-0.1, -0.05) is 19.4 Å². The van der Waals surface area contributed by atoms with Crippen LogP contribution in [0.1, 0.15) is 31.7 Å². The lowest BCUT2D eigenvalue weighted by molar-refractivity contribution is 0.497. The van der Waals surface area contributed by atoms with Crippen LogP contribution in [-0.4, -0.2) is 22.0 Å².